The van der Waals surface area contributed by atoms with Gasteiger partial charge in [-0.05, 0) is 25.0 Å². The normalized spacial score (nSPS) is 20.3. The number of nitrogens with one attached hydrogen (secondary N) is 1. The summed E-state index contributed by atoms with van der Waals surface area (Å²) in [7, 11) is 0. The summed E-state index contributed by atoms with van der Waals surface area (Å²) in [5.74, 6) is 0.734. The minimum Gasteiger partial charge on any atom is -0.359 e. The van der Waals surface area contributed by atoms with Crippen molar-refractivity contribution in [3.8, 4) is 0 Å². The monoisotopic (exact) mass is 345 g/mol. The first kappa shape index (κ1) is 17.5. The Kier molecular flexibility index (Phi) is 4.54. The topological polar surface area (TPSA) is 58.4 Å². The molecule has 1 N–H and O–H groups in total. The molecule has 1 aliphatic heterocycles. The number of aromatic nitrogens is 1. The van der Waals surface area contributed by atoms with Crippen LogP contribution in [0.1, 0.15) is 48.8 Å². The molecule has 1 atom stereocenters. The van der Waals surface area contributed by atoms with Crippen LogP contribution in [0.3, 0.4) is 0 Å². The maximum absolute atomic E-state index is 15.4. The number of aryl methyl sites for hydroxylation is 2. The largest absolute Gasteiger partial charge is 0.359 e. The summed E-state index contributed by atoms with van der Waals surface area (Å²) in [5, 5.41) is 6.77. The number of hydrogen-bond acceptors (Lipinski definition) is 3. The molecule has 0 saturated carbocycles. The maximum Gasteiger partial charge on any atom is 0.322 e. The molecule has 1 aromatic heterocycles. The molecule has 6 heteroatoms. The number of nitrogens with zero attached hydrogens (tertiary/aromatic N) is 2. The van der Waals surface area contributed by atoms with Gasteiger partial charge in [-0.25, -0.2) is 9.18 Å². The smallest absolute Gasteiger partial charge is 0.322 e. The first-order valence-electron chi connectivity index (χ1n) is 8.59. The van der Waals surface area contributed by atoms with E-state index in [2.05, 4.69) is 10.5 Å². The Morgan fingerprint density at radius 3 is 2.76 bits per heavy atom. The molecule has 1 fully saturated rings. The van der Waals surface area contributed by atoms with Crippen LogP contribution in [0.15, 0.2) is 28.8 Å². The summed E-state index contributed by atoms with van der Waals surface area (Å²) in [6, 6.07) is 7.11. The number of alkyl halides is 1. The lowest BCUT2D eigenvalue weighted by atomic mass is 9.91. The molecular formula is C19H24FN3O2. The van der Waals surface area contributed by atoms with Crippen LogP contribution in [-0.2, 0) is 5.67 Å². The molecule has 2 aromatic rings. The van der Waals surface area contributed by atoms with Gasteiger partial charge in [-0.2, -0.15) is 0 Å². The number of benzene rings is 1. The van der Waals surface area contributed by atoms with Gasteiger partial charge in [-0.15, -0.1) is 0 Å². The van der Waals surface area contributed by atoms with Crippen molar-refractivity contribution in [3.05, 3.63) is 46.8 Å². The van der Waals surface area contributed by atoms with Crippen molar-refractivity contribution in [1.82, 2.24) is 10.1 Å². The number of rotatable bonds is 3. The standard InChI is InChI=1S/C19H24FN3O2/c1-12(2)17-16(14(4)22-25-17)21-18(24)23-10-9-19(20,11-23)15-8-6-5-7-13(15)3/h5-8,12H,9-11H2,1-4H3,(H,21,24). The van der Waals surface area contributed by atoms with Crippen LogP contribution in [0.5, 0.6) is 0 Å². The maximum atomic E-state index is 15.4. The van der Waals surface area contributed by atoms with Crippen molar-refractivity contribution >= 4 is 11.7 Å². The average molecular weight is 345 g/mol. The molecule has 0 aliphatic carbocycles. The minimum absolute atomic E-state index is 0.0467. The highest BCUT2D eigenvalue weighted by atomic mass is 19.1. The van der Waals surface area contributed by atoms with Crippen LogP contribution in [-0.4, -0.2) is 29.2 Å². The van der Waals surface area contributed by atoms with E-state index in [1.54, 1.807) is 13.0 Å². The Hall–Kier alpha value is -2.37. The third kappa shape index (κ3) is 3.25. The van der Waals surface area contributed by atoms with Crippen LogP contribution < -0.4 is 5.32 Å². The predicted molar refractivity (Wildman–Crippen MR) is 94.5 cm³/mol. The quantitative estimate of drug-likeness (QED) is 0.890. The van der Waals surface area contributed by atoms with Crippen molar-refractivity contribution in [3.63, 3.8) is 0 Å². The zero-order valence-corrected chi connectivity index (χ0v) is 15.1. The van der Waals surface area contributed by atoms with Gasteiger partial charge in [0.1, 0.15) is 11.4 Å². The Morgan fingerprint density at radius 1 is 1.36 bits per heavy atom. The van der Waals surface area contributed by atoms with Crippen molar-refractivity contribution < 1.29 is 13.7 Å². The van der Waals surface area contributed by atoms with Crippen LogP contribution in [0.2, 0.25) is 0 Å². The molecule has 3 rings (SSSR count). The zero-order valence-electron chi connectivity index (χ0n) is 15.1. The average Bonchev–Trinajstić information content (AvgIpc) is 3.13. The number of likely N-dealkylation sites (tertiary alicyclic amines) is 1. The van der Waals surface area contributed by atoms with Crippen LogP contribution in [0.4, 0.5) is 14.9 Å². The summed E-state index contributed by atoms with van der Waals surface area (Å²) in [6.45, 7) is 8.03. The van der Waals surface area contributed by atoms with Gasteiger partial charge >= 0.3 is 6.03 Å². The number of hydrogen-bond donors (Lipinski definition) is 1. The van der Waals surface area contributed by atoms with E-state index < -0.39 is 5.67 Å². The van der Waals surface area contributed by atoms with Crippen molar-refractivity contribution in [2.24, 2.45) is 0 Å². The van der Waals surface area contributed by atoms with Crippen molar-refractivity contribution in [1.29, 1.82) is 0 Å². The Bertz CT molecular complexity index is 787. The Balaban J connectivity index is 1.76. The lowest BCUT2D eigenvalue weighted by Crippen LogP contribution is -2.36. The van der Waals surface area contributed by atoms with E-state index in [0.717, 1.165) is 5.56 Å². The molecular weight excluding hydrogens is 321 g/mol. The molecule has 0 spiro atoms. The molecule has 1 unspecified atom stereocenters. The first-order chi connectivity index (χ1) is 11.8. The fraction of sp³-hybridized carbons (Fsp3) is 0.474. The zero-order chi connectivity index (χ0) is 18.2. The van der Waals surface area contributed by atoms with E-state index in [0.29, 0.717) is 35.7 Å². The van der Waals surface area contributed by atoms with Gasteiger partial charge in [0.15, 0.2) is 11.4 Å². The van der Waals surface area contributed by atoms with E-state index in [-0.39, 0.29) is 18.5 Å². The number of halogens is 1. The van der Waals surface area contributed by atoms with E-state index >= 15 is 4.39 Å². The number of amides is 2. The van der Waals surface area contributed by atoms with Crippen LogP contribution in [0, 0.1) is 13.8 Å². The summed E-state index contributed by atoms with van der Waals surface area (Å²) in [6.07, 6.45) is 0.297. The second kappa shape index (κ2) is 6.50. The highest BCUT2D eigenvalue weighted by molar-refractivity contribution is 5.90. The molecule has 0 radical (unpaired) electrons. The van der Waals surface area contributed by atoms with E-state index in [1.807, 2.05) is 39.0 Å². The van der Waals surface area contributed by atoms with E-state index in [1.165, 1.54) is 4.90 Å². The number of carbonyl (C=O) groups excluding carboxylic acids is 1. The number of urea groups is 1. The second-order valence-electron chi connectivity index (χ2n) is 7.04. The first-order valence-corrected chi connectivity index (χ1v) is 8.59. The molecule has 2 heterocycles. The van der Waals surface area contributed by atoms with Gasteiger partial charge in [0.2, 0.25) is 0 Å². The fourth-order valence-electron chi connectivity index (χ4n) is 3.36. The third-order valence-corrected chi connectivity index (χ3v) is 4.78. The van der Waals surface area contributed by atoms with Gasteiger partial charge in [-0.1, -0.05) is 43.3 Å². The molecule has 1 aromatic carbocycles. The van der Waals surface area contributed by atoms with E-state index in [9.17, 15) is 4.79 Å². The number of anilines is 1. The van der Waals surface area contributed by atoms with Gasteiger partial charge in [0, 0.05) is 18.9 Å². The van der Waals surface area contributed by atoms with Gasteiger partial charge < -0.3 is 14.7 Å². The molecule has 134 valence electrons. The Labute approximate surface area is 147 Å². The molecule has 25 heavy (non-hydrogen) atoms. The fourth-order valence-corrected chi connectivity index (χ4v) is 3.36. The van der Waals surface area contributed by atoms with Gasteiger partial charge in [-0.3, -0.25) is 0 Å². The highest BCUT2D eigenvalue weighted by Crippen LogP contribution is 2.38. The Morgan fingerprint density at radius 2 is 2.08 bits per heavy atom. The molecule has 0 bridgehead atoms. The lowest BCUT2D eigenvalue weighted by Gasteiger charge is -2.23. The van der Waals surface area contributed by atoms with Crippen molar-refractivity contribution in [2.75, 3.05) is 18.4 Å². The summed E-state index contributed by atoms with van der Waals surface area (Å²) >= 11 is 0. The summed E-state index contributed by atoms with van der Waals surface area (Å²) in [4.78, 5) is 14.1. The SMILES string of the molecule is Cc1ccccc1C1(F)CCN(C(=O)Nc2c(C)noc2C(C)C)C1. The van der Waals surface area contributed by atoms with Crippen LogP contribution >= 0.6 is 0 Å². The number of carbonyl (C=O) groups is 1. The molecule has 5 nitrogen and oxygen atoms in total. The second-order valence-corrected chi connectivity index (χ2v) is 7.04. The van der Waals surface area contributed by atoms with E-state index in [4.69, 9.17) is 4.52 Å². The minimum atomic E-state index is -1.51. The third-order valence-electron chi connectivity index (χ3n) is 4.78. The van der Waals surface area contributed by atoms with Gasteiger partial charge in [0.25, 0.3) is 0 Å². The van der Waals surface area contributed by atoms with Crippen LogP contribution in [0.25, 0.3) is 0 Å². The predicted octanol–water partition coefficient (Wildman–Crippen LogP) is 4.52. The van der Waals surface area contributed by atoms with Gasteiger partial charge in [0.05, 0.1) is 6.54 Å². The highest BCUT2D eigenvalue weighted by Gasteiger charge is 2.42. The molecule has 1 aliphatic rings. The summed E-state index contributed by atoms with van der Waals surface area (Å²) in [5.41, 5.74) is 1.28. The lowest BCUT2D eigenvalue weighted by molar-refractivity contribution is 0.168. The molecule has 1 saturated heterocycles. The summed E-state index contributed by atoms with van der Waals surface area (Å²) < 4.78 is 20.7. The molecule has 2 amide bonds. The van der Waals surface area contributed by atoms with Crippen molar-refractivity contribution in [2.45, 2.75) is 45.7 Å².